The predicted octanol–water partition coefficient (Wildman–Crippen LogP) is 3.12. The van der Waals surface area contributed by atoms with E-state index in [1.54, 1.807) is 24.3 Å². The highest BCUT2D eigenvalue weighted by molar-refractivity contribution is 7.89. The molecular weight excluding hydrogens is 393 g/mol. The fourth-order valence-corrected chi connectivity index (χ4v) is 4.39. The second-order valence-corrected chi connectivity index (χ2v) is 8.89. The molecule has 8 heteroatoms. The Bertz CT molecular complexity index is 926. The van der Waals surface area contributed by atoms with Crippen LogP contribution in [0.4, 0.5) is 10.1 Å². The zero-order valence-corrected chi connectivity index (χ0v) is 17.1. The van der Waals surface area contributed by atoms with Gasteiger partial charge in [0.25, 0.3) is 0 Å². The lowest BCUT2D eigenvalue weighted by Gasteiger charge is -2.25. The van der Waals surface area contributed by atoms with Gasteiger partial charge in [0.05, 0.1) is 0 Å². The number of rotatable bonds is 8. The van der Waals surface area contributed by atoms with Gasteiger partial charge in [-0.3, -0.25) is 4.79 Å². The van der Waals surface area contributed by atoms with Gasteiger partial charge in [0.15, 0.2) is 0 Å². The number of hydrogen-bond acceptors (Lipinski definition) is 4. The first-order chi connectivity index (χ1) is 13.9. The molecular formula is C21H26FN3O3S. The number of piperidine rings is 1. The molecule has 2 aromatic carbocycles. The van der Waals surface area contributed by atoms with Gasteiger partial charge in [-0.1, -0.05) is 30.7 Å². The van der Waals surface area contributed by atoms with E-state index in [1.807, 2.05) is 0 Å². The zero-order valence-electron chi connectivity index (χ0n) is 16.2. The Morgan fingerprint density at radius 1 is 1.00 bits per heavy atom. The molecule has 0 unspecified atom stereocenters. The number of carbonyl (C=O) groups excluding carboxylic acids is 1. The van der Waals surface area contributed by atoms with Crippen molar-refractivity contribution in [1.29, 1.82) is 0 Å². The van der Waals surface area contributed by atoms with Gasteiger partial charge in [0, 0.05) is 25.2 Å². The summed E-state index contributed by atoms with van der Waals surface area (Å²) in [5.41, 5.74) is 1.37. The Morgan fingerprint density at radius 2 is 1.69 bits per heavy atom. The van der Waals surface area contributed by atoms with Crippen molar-refractivity contribution >= 4 is 21.6 Å². The molecule has 1 aliphatic heterocycles. The van der Waals surface area contributed by atoms with Gasteiger partial charge in [-0.2, -0.15) is 0 Å². The molecule has 0 aromatic heterocycles. The van der Waals surface area contributed by atoms with Gasteiger partial charge in [0.1, 0.15) is 10.7 Å². The summed E-state index contributed by atoms with van der Waals surface area (Å²) in [4.78, 5) is 14.1. The molecule has 6 nitrogen and oxygen atoms in total. The van der Waals surface area contributed by atoms with Gasteiger partial charge < -0.3 is 10.2 Å². The molecule has 29 heavy (non-hydrogen) atoms. The first-order valence-electron chi connectivity index (χ1n) is 9.79. The molecule has 0 radical (unpaired) electrons. The number of benzene rings is 2. The lowest BCUT2D eigenvalue weighted by atomic mass is 10.1. The number of halogens is 1. The number of nitrogens with one attached hydrogen (secondary N) is 2. The molecule has 1 saturated heterocycles. The third-order valence-corrected chi connectivity index (χ3v) is 6.37. The van der Waals surface area contributed by atoms with Gasteiger partial charge >= 0.3 is 0 Å². The van der Waals surface area contributed by atoms with Crippen LogP contribution in [-0.4, -0.2) is 38.9 Å². The second-order valence-electron chi connectivity index (χ2n) is 7.15. The average molecular weight is 420 g/mol. The fourth-order valence-electron chi connectivity index (χ4n) is 3.29. The van der Waals surface area contributed by atoms with Gasteiger partial charge in [0.2, 0.25) is 15.9 Å². The summed E-state index contributed by atoms with van der Waals surface area (Å²) in [5, 5.41) is 2.86. The van der Waals surface area contributed by atoms with E-state index in [0.29, 0.717) is 17.7 Å². The van der Waals surface area contributed by atoms with Crippen LogP contribution in [-0.2, 0) is 21.4 Å². The van der Waals surface area contributed by atoms with Crippen LogP contribution in [0.1, 0.15) is 31.2 Å². The van der Waals surface area contributed by atoms with Crippen molar-refractivity contribution in [2.24, 2.45) is 0 Å². The molecule has 1 heterocycles. The van der Waals surface area contributed by atoms with E-state index in [1.165, 1.54) is 37.5 Å². The first-order valence-corrected chi connectivity index (χ1v) is 11.3. The smallest absolute Gasteiger partial charge is 0.243 e. The van der Waals surface area contributed by atoms with Crippen molar-refractivity contribution in [2.75, 3.05) is 25.0 Å². The normalized spacial score (nSPS) is 15.2. The summed E-state index contributed by atoms with van der Waals surface area (Å²) < 4.78 is 40.6. The highest BCUT2D eigenvalue weighted by atomic mass is 32.2. The first kappa shape index (κ1) is 21.4. The number of anilines is 1. The Kier molecular flexibility index (Phi) is 7.35. The third kappa shape index (κ3) is 6.35. The van der Waals surface area contributed by atoms with Gasteiger partial charge in [-0.15, -0.1) is 0 Å². The molecule has 0 saturated carbocycles. The molecule has 3 rings (SSSR count). The topological polar surface area (TPSA) is 78.5 Å². The molecule has 2 N–H and O–H groups in total. The highest BCUT2D eigenvalue weighted by Gasteiger charge is 2.18. The lowest BCUT2D eigenvalue weighted by molar-refractivity contribution is -0.116. The molecule has 156 valence electrons. The van der Waals surface area contributed by atoms with Crippen LogP contribution in [0.2, 0.25) is 0 Å². The van der Waals surface area contributed by atoms with Crippen molar-refractivity contribution in [3.05, 3.63) is 59.9 Å². The standard InChI is InChI=1S/C21H26FN3O3S/c22-19-6-2-3-7-20(19)29(27,28)23-16-17-8-10-18(11-9-17)24-21(26)12-15-25-13-4-1-5-14-25/h2-3,6-11,23H,1,4-5,12-16H2,(H,24,26). The fraction of sp³-hybridized carbons (Fsp3) is 0.381. The number of carbonyl (C=O) groups is 1. The summed E-state index contributed by atoms with van der Waals surface area (Å²) in [6, 6.07) is 12.1. The minimum absolute atomic E-state index is 0.0276. The van der Waals surface area contributed by atoms with Crippen molar-refractivity contribution < 1.29 is 17.6 Å². The van der Waals surface area contributed by atoms with Gasteiger partial charge in [-0.05, 0) is 55.8 Å². The molecule has 1 amide bonds. The Morgan fingerprint density at radius 3 is 2.38 bits per heavy atom. The molecule has 1 fully saturated rings. The number of nitrogens with zero attached hydrogens (tertiary/aromatic N) is 1. The predicted molar refractivity (Wildman–Crippen MR) is 110 cm³/mol. The molecule has 1 aliphatic rings. The van der Waals surface area contributed by atoms with E-state index in [-0.39, 0.29) is 17.3 Å². The van der Waals surface area contributed by atoms with Crippen molar-refractivity contribution in [2.45, 2.75) is 37.1 Å². The quantitative estimate of drug-likeness (QED) is 0.689. The van der Waals surface area contributed by atoms with Crippen LogP contribution in [0.25, 0.3) is 0 Å². The molecule has 0 spiro atoms. The Hall–Kier alpha value is -2.29. The van der Waals surface area contributed by atoms with E-state index < -0.39 is 15.8 Å². The third-order valence-electron chi connectivity index (χ3n) is 4.93. The highest BCUT2D eigenvalue weighted by Crippen LogP contribution is 2.15. The summed E-state index contributed by atoms with van der Waals surface area (Å²) in [7, 11) is -3.94. The molecule has 0 aliphatic carbocycles. The Balaban J connectivity index is 1.48. The maximum Gasteiger partial charge on any atom is 0.243 e. The summed E-state index contributed by atoms with van der Waals surface area (Å²) in [6.45, 7) is 2.91. The average Bonchev–Trinajstić information content (AvgIpc) is 2.73. The SMILES string of the molecule is O=C(CCN1CCCCC1)Nc1ccc(CNS(=O)(=O)c2ccccc2F)cc1. The maximum absolute atomic E-state index is 13.7. The zero-order chi connectivity index (χ0) is 20.7. The van der Waals surface area contributed by atoms with Crippen LogP contribution in [0.5, 0.6) is 0 Å². The summed E-state index contributed by atoms with van der Waals surface area (Å²) in [5.74, 6) is -0.828. The van der Waals surface area contributed by atoms with E-state index in [2.05, 4.69) is 14.9 Å². The number of amides is 1. The summed E-state index contributed by atoms with van der Waals surface area (Å²) >= 11 is 0. The van der Waals surface area contributed by atoms with Crippen LogP contribution in [0, 0.1) is 5.82 Å². The van der Waals surface area contributed by atoms with Crippen LogP contribution in [0.15, 0.2) is 53.4 Å². The van der Waals surface area contributed by atoms with E-state index >= 15 is 0 Å². The monoisotopic (exact) mass is 419 g/mol. The van der Waals surface area contributed by atoms with E-state index in [9.17, 15) is 17.6 Å². The molecule has 0 bridgehead atoms. The van der Waals surface area contributed by atoms with Gasteiger partial charge in [-0.25, -0.2) is 17.5 Å². The minimum atomic E-state index is -3.94. The van der Waals surface area contributed by atoms with Crippen LogP contribution >= 0.6 is 0 Å². The maximum atomic E-state index is 13.7. The minimum Gasteiger partial charge on any atom is -0.326 e. The van der Waals surface area contributed by atoms with Crippen molar-refractivity contribution in [3.63, 3.8) is 0 Å². The molecule has 0 atom stereocenters. The van der Waals surface area contributed by atoms with E-state index in [4.69, 9.17) is 0 Å². The number of sulfonamides is 1. The number of hydrogen-bond donors (Lipinski definition) is 2. The van der Waals surface area contributed by atoms with Crippen molar-refractivity contribution in [1.82, 2.24) is 9.62 Å². The summed E-state index contributed by atoms with van der Waals surface area (Å²) in [6.07, 6.45) is 4.11. The van der Waals surface area contributed by atoms with Crippen LogP contribution in [0.3, 0.4) is 0 Å². The second kappa shape index (κ2) is 9.96. The number of likely N-dealkylation sites (tertiary alicyclic amines) is 1. The van der Waals surface area contributed by atoms with Crippen LogP contribution < -0.4 is 10.0 Å². The largest absolute Gasteiger partial charge is 0.326 e. The van der Waals surface area contributed by atoms with Crippen molar-refractivity contribution in [3.8, 4) is 0 Å². The Labute approximate surface area is 171 Å². The molecule has 2 aromatic rings. The van der Waals surface area contributed by atoms with E-state index in [0.717, 1.165) is 25.7 Å². The lowest BCUT2D eigenvalue weighted by Crippen LogP contribution is -2.32.